The van der Waals surface area contributed by atoms with Crippen LogP contribution in [0.2, 0.25) is 10.0 Å². The van der Waals surface area contributed by atoms with Crippen LogP contribution in [0, 0.1) is 0 Å². The van der Waals surface area contributed by atoms with E-state index in [0.717, 1.165) is 6.07 Å². The number of benzene rings is 4. The molecule has 0 radical (unpaired) electrons. The Hall–Kier alpha value is -3.70. The number of hydrogen-bond donors (Lipinski definition) is 3. The molecule has 0 unspecified atom stereocenters. The maximum Gasteiger partial charge on any atom is 0.296 e. The summed E-state index contributed by atoms with van der Waals surface area (Å²) in [5.74, 6) is -0.884. The molecule has 196 valence electrons. The molecule has 0 aromatic heterocycles. The second-order valence-electron chi connectivity index (χ2n) is 8.05. The summed E-state index contributed by atoms with van der Waals surface area (Å²) in [5.41, 5.74) is 0.249. The number of carbonyl (C=O) groups excluding carboxylic acids is 1. The van der Waals surface area contributed by atoms with E-state index in [1.54, 1.807) is 49.4 Å². The minimum Gasteiger partial charge on any atom is -0.505 e. The first-order chi connectivity index (χ1) is 18.0. The number of carbonyl (C=O) groups is 1. The molecule has 12 heteroatoms. The van der Waals surface area contributed by atoms with Gasteiger partial charge in [-0.05, 0) is 47.7 Å². The van der Waals surface area contributed by atoms with Gasteiger partial charge in [-0.25, -0.2) is 0 Å². The number of phenolic OH excluding ortho intramolecular Hbond substituents is 1. The monoisotopic (exact) mass is 573 g/mol. The summed E-state index contributed by atoms with van der Waals surface area (Å²) in [6.07, 6.45) is 0.326. The topological polar surface area (TPSA) is 138 Å². The van der Waals surface area contributed by atoms with E-state index in [-0.39, 0.29) is 32.7 Å². The van der Waals surface area contributed by atoms with E-state index < -0.39 is 26.7 Å². The zero-order chi connectivity index (χ0) is 27.6. The third-order valence-electron chi connectivity index (χ3n) is 5.70. The lowest BCUT2D eigenvalue weighted by molar-refractivity contribution is 0.102. The van der Waals surface area contributed by atoms with Crippen molar-refractivity contribution in [3.8, 4) is 11.5 Å². The molecule has 0 saturated heterocycles. The van der Waals surface area contributed by atoms with E-state index in [1.807, 2.05) is 0 Å². The van der Waals surface area contributed by atoms with E-state index in [1.165, 1.54) is 19.2 Å². The van der Waals surface area contributed by atoms with Crippen molar-refractivity contribution in [3.05, 3.63) is 81.8 Å². The number of halogens is 2. The minimum atomic E-state index is -4.70. The van der Waals surface area contributed by atoms with Crippen LogP contribution in [0.4, 0.5) is 17.1 Å². The van der Waals surface area contributed by atoms with Gasteiger partial charge in [0.1, 0.15) is 27.7 Å². The number of rotatable bonds is 7. The molecule has 38 heavy (non-hydrogen) atoms. The summed E-state index contributed by atoms with van der Waals surface area (Å²) in [7, 11) is -3.28. The van der Waals surface area contributed by atoms with Crippen molar-refractivity contribution < 1.29 is 27.6 Å². The number of amides is 1. The van der Waals surface area contributed by atoms with Crippen molar-refractivity contribution in [1.82, 2.24) is 0 Å². The molecule has 0 aliphatic rings. The van der Waals surface area contributed by atoms with E-state index in [2.05, 4.69) is 15.5 Å². The Morgan fingerprint density at radius 3 is 2.42 bits per heavy atom. The van der Waals surface area contributed by atoms with E-state index in [4.69, 9.17) is 27.9 Å². The second-order valence-corrected chi connectivity index (χ2v) is 10.3. The highest BCUT2D eigenvalue weighted by molar-refractivity contribution is 7.86. The standard InChI is InChI=1S/C26H21Cl2N3O6S/c1-3-14-11-16(27)13-21(38(34,35)36)22(14)30-31-23-17-8-5-4-7-15(17)12-18(25(23)32)26(33)29-24-19(28)9-6-10-20(24)37-2/h4-13,32H,3H2,1-2H3,(H,29,33)(H,34,35,36). The lowest BCUT2D eigenvalue weighted by Gasteiger charge is -2.14. The lowest BCUT2D eigenvalue weighted by atomic mass is 10.0. The highest BCUT2D eigenvalue weighted by Crippen LogP contribution is 2.42. The molecule has 0 saturated carbocycles. The normalized spacial score (nSPS) is 11.7. The quantitative estimate of drug-likeness (QED) is 0.156. The Labute approximate surface area is 228 Å². The van der Waals surface area contributed by atoms with Crippen LogP contribution in [0.5, 0.6) is 11.5 Å². The molecule has 0 atom stereocenters. The second kappa shape index (κ2) is 11.0. The number of azo groups is 1. The van der Waals surface area contributed by atoms with Crippen molar-refractivity contribution in [2.45, 2.75) is 18.2 Å². The number of hydrogen-bond acceptors (Lipinski definition) is 7. The van der Waals surface area contributed by atoms with Crippen LogP contribution in [-0.2, 0) is 16.5 Å². The molecule has 1 amide bonds. The van der Waals surface area contributed by atoms with Crippen molar-refractivity contribution in [2.24, 2.45) is 10.2 Å². The van der Waals surface area contributed by atoms with Crippen LogP contribution >= 0.6 is 23.2 Å². The number of para-hydroxylation sites is 1. The van der Waals surface area contributed by atoms with Gasteiger partial charge in [0.2, 0.25) is 0 Å². The van der Waals surface area contributed by atoms with Crippen molar-refractivity contribution in [2.75, 3.05) is 12.4 Å². The summed E-state index contributed by atoms with van der Waals surface area (Å²) in [6.45, 7) is 1.75. The Balaban J connectivity index is 1.88. The van der Waals surface area contributed by atoms with Crippen LogP contribution < -0.4 is 10.1 Å². The maximum atomic E-state index is 13.3. The summed E-state index contributed by atoms with van der Waals surface area (Å²) in [4.78, 5) is 12.7. The van der Waals surface area contributed by atoms with Gasteiger partial charge in [-0.15, -0.1) is 10.2 Å². The summed E-state index contributed by atoms with van der Waals surface area (Å²) >= 11 is 12.3. The zero-order valence-corrected chi connectivity index (χ0v) is 22.4. The molecule has 4 rings (SSSR count). The smallest absolute Gasteiger partial charge is 0.296 e. The summed E-state index contributed by atoms with van der Waals surface area (Å²) in [5, 5.41) is 23.3. The van der Waals surface area contributed by atoms with E-state index in [0.29, 0.717) is 28.5 Å². The Bertz CT molecular complexity index is 1710. The fourth-order valence-electron chi connectivity index (χ4n) is 3.88. The first-order valence-electron chi connectivity index (χ1n) is 11.1. The summed E-state index contributed by atoms with van der Waals surface area (Å²) < 4.78 is 39.1. The van der Waals surface area contributed by atoms with Gasteiger partial charge in [0.05, 0.1) is 17.7 Å². The Morgan fingerprint density at radius 2 is 1.74 bits per heavy atom. The van der Waals surface area contributed by atoms with Gasteiger partial charge in [0.25, 0.3) is 16.0 Å². The number of fused-ring (bicyclic) bond motifs is 1. The molecule has 0 aliphatic heterocycles. The zero-order valence-electron chi connectivity index (χ0n) is 20.1. The maximum absolute atomic E-state index is 13.3. The highest BCUT2D eigenvalue weighted by Gasteiger charge is 2.23. The number of methoxy groups -OCH3 is 1. The number of aromatic hydroxyl groups is 1. The van der Waals surface area contributed by atoms with Crippen LogP contribution in [0.1, 0.15) is 22.8 Å². The Morgan fingerprint density at radius 1 is 1.03 bits per heavy atom. The SMILES string of the molecule is CCc1cc(Cl)cc(S(=O)(=O)O)c1N=Nc1c(O)c(C(=O)Nc2c(Cl)cccc2OC)cc2ccccc12. The van der Waals surface area contributed by atoms with Crippen LogP contribution in [-0.4, -0.2) is 31.1 Å². The predicted molar refractivity (Wildman–Crippen MR) is 146 cm³/mol. The van der Waals surface area contributed by atoms with Gasteiger partial charge in [0.15, 0.2) is 5.75 Å². The molecule has 9 nitrogen and oxygen atoms in total. The van der Waals surface area contributed by atoms with Crippen LogP contribution in [0.15, 0.2) is 75.8 Å². The Kier molecular flexibility index (Phi) is 7.89. The summed E-state index contributed by atoms with van der Waals surface area (Å²) in [6, 6.07) is 15.7. The molecular formula is C26H21Cl2N3O6S. The minimum absolute atomic E-state index is 0.0855. The first-order valence-corrected chi connectivity index (χ1v) is 13.3. The number of phenols is 1. The number of nitrogens with zero attached hydrogens (tertiary/aromatic N) is 2. The van der Waals surface area contributed by atoms with Gasteiger partial charge in [-0.1, -0.05) is 60.5 Å². The van der Waals surface area contributed by atoms with Gasteiger partial charge in [0, 0.05) is 10.4 Å². The van der Waals surface area contributed by atoms with Gasteiger partial charge >= 0.3 is 0 Å². The number of anilines is 1. The molecule has 4 aromatic rings. The van der Waals surface area contributed by atoms with E-state index >= 15 is 0 Å². The van der Waals surface area contributed by atoms with Crippen LogP contribution in [0.3, 0.4) is 0 Å². The molecule has 0 fully saturated rings. The highest BCUT2D eigenvalue weighted by atomic mass is 35.5. The molecular weight excluding hydrogens is 553 g/mol. The number of ether oxygens (including phenoxy) is 1. The average Bonchev–Trinajstić information content (AvgIpc) is 2.88. The molecule has 3 N–H and O–H groups in total. The lowest BCUT2D eigenvalue weighted by Crippen LogP contribution is -2.13. The van der Waals surface area contributed by atoms with Crippen molar-refractivity contribution >= 4 is 67.1 Å². The first kappa shape index (κ1) is 27.3. The number of nitrogens with one attached hydrogen (secondary N) is 1. The third-order valence-corrected chi connectivity index (χ3v) is 7.10. The molecule has 0 aliphatic carbocycles. The number of aryl methyl sites for hydroxylation is 1. The molecule has 4 aromatic carbocycles. The molecule has 0 spiro atoms. The van der Waals surface area contributed by atoms with Crippen molar-refractivity contribution in [3.63, 3.8) is 0 Å². The fraction of sp³-hybridized carbons (Fsp3) is 0.115. The fourth-order valence-corrected chi connectivity index (χ4v) is 5.09. The average molecular weight is 574 g/mol. The molecule has 0 heterocycles. The predicted octanol–water partition coefficient (Wildman–Crippen LogP) is 7.34. The van der Waals surface area contributed by atoms with Gasteiger partial charge in [-0.2, -0.15) is 8.42 Å². The van der Waals surface area contributed by atoms with Gasteiger partial charge in [-0.3, -0.25) is 9.35 Å². The molecule has 0 bridgehead atoms. The van der Waals surface area contributed by atoms with Gasteiger partial charge < -0.3 is 15.2 Å². The van der Waals surface area contributed by atoms with E-state index in [9.17, 15) is 22.9 Å². The van der Waals surface area contributed by atoms with Crippen molar-refractivity contribution in [1.29, 1.82) is 0 Å². The van der Waals surface area contributed by atoms with Crippen LogP contribution in [0.25, 0.3) is 10.8 Å². The largest absolute Gasteiger partial charge is 0.505 e. The third kappa shape index (κ3) is 5.44.